The minimum atomic E-state index is -0.975. The van der Waals surface area contributed by atoms with E-state index in [2.05, 4.69) is 11.0 Å². The monoisotopic (exact) mass is 307 g/mol. The smallest absolute Gasteiger partial charge is 0.328 e. The molecule has 104 valence electrons. The van der Waals surface area contributed by atoms with E-state index in [0.29, 0.717) is 5.02 Å². The van der Waals surface area contributed by atoms with Gasteiger partial charge in [0.1, 0.15) is 0 Å². The molecule has 0 atom stereocenters. The van der Waals surface area contributed by atoms with Gasteiger partial charge in [-0.3, -0.25) is 0 Å². The Labute approximate surface area is 126 Å². The van der Waals surface area contributed by atoms with Crippen LogP contribution in [-0.2, 0) is 11.3 Å². The molecule has 0 aliphatic carbocycles. The molecule has 2 aromatic rings. The molecule has 0 saturated heterocycles. The van der Waals surface area contributed by atoms with E-state index in [1.807, 2.05) is 24.6 Å². The average molecular weight is 308 g/mol. The van der Waals surface area contributed by atoms with Crippen LogP contribution in [-0.4, -0.2) is 18.1 Å². The molecule has 3 nitrogen and oxygen atoms in total. The second kappa shape index (κ2) is 6.59. The van der Waals surface area contributed by atoms with Crippen molar-refractivity contribution in [2.75, 3.05) is 11.9 Å². The van der Waals surface area contributed by atoms with Crippen molar-refractivity contribution in [1.82, 2.24) is 0 Å². The van der Waals surface area contributed by atoms with Crippen LogP contribution in [0.2, 0.25) is 5.02 Å². The molecule has 0 fully saturated rings. The molecule has 20 heavy (non-hydrogen) atoms. The molecular weight excluding hydrogens is 294 g/mol. The summed E-state index contributed by atoms with van der Waals surface area (Å²) in [6, 6.07) is 9.56. The predicted octanol–water partition coefficient (Wildman–Crippen LogP) is 4.14. The lowest BCUT2D eigenvalue weighted by atomic mass is 10.1. The SMILES string of the molecule is CN(Cc1cccs1)c1ccc(Cl)cc1/C=C/C(=O)O. The summed E-state index contributed by atoms with van der Waals surface area (Å²) in [7, 11) is 1.97. The van der Waals surface area contributed by atoms with E-state index in [1.54, 1.807) is 29.5 Å². The first-order valence-electron chi connectivity index (χ1n) is 6.00. The van der Waals surface area contributed by atoms with Crippen LogP contribution >= 0.6 is 22.9 Å². The topological polar surface area (TPSA) is 40.5 Å². The first-order chi connectivity index (χ1) is 9.56. The van der Waals surface area contributed by atoms with Gasteiger partial charge in [0.25, 0.3) is 0 Å². The van der Waals surface area contributed by atoms with Crippen molar-refractivity contribution in [2.45, 2.75) is 6.54 Å². The van der Waals surface area contributed by atoms with Crippen LogP contribution in [0.1, 0.15) is 10.4 Å². The van der Waals surface area contributed by atoms with Crippen LogP contribution < -0.4 is 4.90 Å². The number of carboxylic acids is 1. The quantitative estimate of drug-likeness (QED) is 0.844. The summed E-state index contributed by atoms with van der Waals surface area (Å²) in [5.41, 5.74) is 1.74. The zero-order valence-electron chi connectivity index (χ0n) is 10.9. The Hall–Kier alpha value is -1.78. The molecule has 1 aromatic carbocycles. The van der Waals surface area contributed by atoms with E-state index in [4.69, 9.17) is 16.7 Å². The van der Waals surface area contributed by atoms with Crippen LogP contribution in [0, 0.1) is 0 Å². The van der Waals surface area contributed by atoms with Gasteiger partial charge in [0.15, 0.2) is 0 Å². The second-order valence-electron chi connectivity index (χ2n) is 4.31. The van der Waals surface area contributed by atoms with Gasteiger partial charge in [0.05, 0.1) is 6.54 Å². The summed E-state index contributed by atoms with van der Waals surface area (Å²) < 4.78 is 0. The summed E-state index contributed by atoms with van der Waals surface area (Å²) in [6.45, 7) is 0.771. The molecule has 0 unspecified atom stereocenters. The lowest BCUT2D eigenvalue weighted by Crippen LogP contribution is -2.16. The van der Waals surface area contributed by atoms with Gasteiger partial charge in [0, 0.05) is 28.7 Å². The number of hydrogen-bond donors (Lipinski definition) is 1. The highest BCUT2D eigenvalue weighted by molar-refractivity contribution is 7.09. The molecule has 0 amide bonds. The number of rotatable bonds is 5. The summed E-state index contributed by atoms with van der Waals surface area (Å²) >= 11 is 7.68. The highest BCUT2D eigenvalue weighted by atomic mass is 35.5. The molecule has 1 N–H and O–H groups in total. The number of thiophene rings is 1. The summed E-state index contributed by atoms with van der Waals surface area (Å²) in [5, 5.41) is 11.4. The Kier molecular flexibility index (Phi) is 4.82. The number of aliphatic carboxylic acids is 1. The lowest BCUT2D eigenvalue weighted by molar-refractivity contribution is -0.131. The van der Waals surface area contributed by atoms with Gasteiger partial charge in [0.2, 0.25) is 0 Å². The predicted molar refractivity (Wildman–Crippen MR) is 84.5 cm³/mol. The highest BCUT2D eigenvalue weighted by Crippen LogP contribution is 2.26. The van der Waals surface area contributed by atoms with Crippen molar-refractivity contribution >= 4 is 40.7 Å². The number of benzene rings is 1. The maximum atomic E-state index is 10.7. The molecule has 0 aliphatic rings. The van der Waals surface area contributed by atoms with Crippen LogP contribution in [0.5, 0.6) is 0 Å². The van der Waals surface area contributed by atoms with Gasteiger partial charge in [-0.15, -0.1) is 11.3 Å². The number of carboxylic acid groups (broad SMARTS) is 1. The molecule has 0 bridgehead atoms. The van der Waals surface area contributed by atoms with Crippen molar-refractivity contribution in [1.29, 1.82) is 0 Å². The molecule has 2 rings (SSSR count). The van der Waals surface area contributed by atoms with Gasteiger partial charge >= 0.3 is 5.97 Å². The largest absolute Gasteiger partial charge is 0.478 e. The standard InChI is InChI=1S/C15H14ClNO2S/c1-17(10-13-3-2-8-20-13)14-6-5-12(16)9-11(14)4-7-15(18)19/h2-9H,10H2,1H3,(H,18,19)/b7-4+. The number of anilines is 1. The number of halogens is 1. The number of carbonyl (C=O) groups is 1. The third kappa shape index (κ3) is 3.85. The molecule has 1 aromatic heterocycles. The van der Waals surface area contributed by atoms with E-state index in [9.17, 15) is 4.79 Å². The molecule has 5 heteroatoms. The van der Waals surface area contributed by atoms with Crippen molar-refractivity contribution in [3.8, 4) is 0 Å². The maximum absolute atomic E-state index is 10.7. The van der Waals surface area contributed by atoms with E-state index >= 15 is 0 Å². The van der Waals surface area contributed by atoms with E-state index in [1.165, 1.54) is 4.88 Å². The van der Waals surface area contributed by atoms with Crippen molar-refractivity contribution in [3.05, 3.63) is 57.3 Å². The van der Waals surface area contributed by atoms with Gasteiger partial charge < -0.3 is 10.0 Å². The van der Waals surface area contributed by atoms with E-state index in [-0.39, 0.29) is 0 Å². The van der Waals surface area contributed by atoms with E-state index < -0.39 is 5.97 Å². The van der Waals surface area contributed by atoms with Gasteiger partial charge in [-0.25, -0.2) is 4.79 Å². The highest BCUT2D eigenvalue weighted by Gasteiger charge is 2.08. The lowest BCUT2D eigenvalue weighted by Gasteiger charge is -2.21. The fourth-order valence-corrected chi connectivity index (χ4v) is 2.83. The van der Waals surface area contributed by atoms with Gasteiger partial charge in [-0.1, -0.05) is 17.7 Å². The van der Waals surface area contributed by atoms with Crippen LogP contribution in [0.3, 0.4) is 0 Å². The molecule has 0 saturated carbocycles. The average Bonchev–Trinajstić information content (AvgIpc) is 2.89. The minimum absolute atomic E-state index is 0.586. The molecule has 1 heterocycles. The van der Waals surface area contributed by atoms with Gasteiger partial charge in [-0.2, -0.15) is 0 Å². The number of nitrogens with zero attached hydrogens (tertiary/aromatic N) is 1. The van der Waals surface area contributed by atoms with E-state index in [0.717, 1.165) is 23.9 Å². The Morgan fingerprint density at radius 3 is 2.90 bits per heavy atom. The zero-order valence-corrected chi connectivity index (χ0v) is 12.5. The van der Waals surface area contributed by atoms with Crippen molar-refractivity contribution < 1.29 is 9.90 Å². The summed E-state index contributed by atoms with van der Waals surface area (Å²) in [6.07, 6.45) is 2.68. The third-order valence-corrected chi connectivity index (χ3v) is 3.88. The first kappa shape index (κ1) is 14.6. The fraction of sp³-hybridized carbons (Fsp3) is 0.133. The Balaban J connectivity index is 2.27. The minimum Gasteiger partial charge on any atom is -0.478 e. The fourth-order valence-electron chi connectivity index (χ4n) is 1.89. The molecule has 0 spiro atoms. The normalized spacial score (nSPS) is 10.9. The van der Waals surface area contributed by atoms with Crippen LogP contribution in [0.25, 0.3) is 6.08 Å². The first-order valence-corrected chi connectivity index (χ1v) is 7.26. The van der Waals surface area contributed by atoms with Crippen molar-refractivity contribution in [3.63, 3.8) is 0 Å². The van der Waals surface area contributed by atoms with Crippen LogP contribution in [0.4, 0.5) is 5.69 Å². The zero-order chi connectivity index (χ0) is 14.5. The van der Waals surface area contributed by atoms with Gasteiger partial charge in [-0.05, 0) is 41.3 Å². The molecule has 0 aliphatic heterocycles. The molecular formula is C15H14ClNO2S. The maximum Gasteiger partial charge on any atom is 0.328 e. The summed E-state index contributed by atoms with van der Waals surface area (Å²) in [5.74, 6) is -0.975. The second-order valence-corrected chi connectivity index (χ2v) is 5.78. The molecule has 0 radical (unpaired) electrons. The van der Waals surface area contributed by atoms with Crippen LogP contribution in [0.15, 0.2) is 41.8 Å². The number of hydrogen-bond acceptors (Lipinski definition) is 3. The Morgan fingerprint density at radius 1 is 1.45 bits per heavy atom. The third-order valence-electron chi connectivity index (χ3n) is 2.78. The Bertz CT molecular complexity index is 623. The van der Waals surface area contributed by atoms with Crippen molar-refractivity contribution in [2.24, 2.45) is 0 Å². The summed E-state index contributed by atoms with van der Waals surface area (Å²) in [4.78, 5) is 14.0. The Morgan fingerprint density at radius 2 is 2.25 bits per heavy atom.